The lowest BCUT2D eigenvalue weighted by Gasteiger charge is -2.13. The summed E-state index contributed by atoms with van der Waals surface area (Å²) in [5, 5.41) is 0. The number of carbonyl (C=O) groups excluding carboxylic acids is 3. The first-order chi connectivity index (χ1) is 13.9. The molecule has 0 radical (unpaired) electrons. The van der Waals surface area contributed by atoms with Gasteiger partial charge in [0.1, 0.15) is 5.84 Å². The van der Waals surface area contributed by atoms with Crippen molar-refractivity contribution >= 4 is 33.6 Å². The van der Waals surface area contributed by atoms with Gasteiger partial charge in [0.05, 0.1) is 29.0 Å². The van der Waals surface area contributed by atoms with Gasteiger partial charge in [0, 0.05) is 5.56 Å². The zero-order valence-electron chi connectivity index (χ0n) is 15.0. The summed E-state index contributed by atoms with van der Waals surface area (Å²) in [5.74, 6) is -1.54. The molecule has 0 unspecified atom stereocenters. The molecule has 2 heterocycles. The lowest BCUT2D eigenvalue weighted by Crippen LogP contribution is -2.33. The summed E-state index contributed by atoms with van der Waals surface area (Å²) in [5.41, 5.74) is 0.978. The Kier molecular flexibility index (Phi) is 4.63. The highest BCUT2D eigenvalue weighted by Gasteiger charge is 2.35. The lowest BCUT2D eigenvalue weighted by molar-refractivity contribution is -0.146. The van der Waals surface area contributed by atoms with Crippen molar-refractivity contribution in [3.05, 3.63) is 65.2 Å². The number of amidine groups is 1. The van der Waals surface area contributed by atoms with E-state index < -0.39 is 34.5 Å². The third-order valence-electron chi connectivity index (χ3n) is 4.48. The number of benzene rings is 2. The van der Waals surface area contributed by atoms with Crippen molar-refractivity contribution in [2.24, 2.45) is 4.99 Å². The Morgan fingerprint density at radius 1 is 0.966 bits per heavy atom. The maximum Gasteiger partial charge on any atom is 0.309 e. The highest BCUT2D eigenvalue weighted by molar-refractivity contribution is 7.90. The third kappa shape index (κ3) is 3.38. The molecule has 2 aromatic carbocycles. The Hall–Kier alpha value is -3.53. The number of aliphatic imine (C=N–C) groups is 1. The largest absolute Gasteiger partial charge is 0.444 e. The molecule has 0 fully saturated rings. The maximum atomic E-state index is 12.2. The summed E-state index contributed by atoms with van der Waals surface area (Å²) < 4.78 is 31.4. The monoisotopic (exact) mass is 413 g/mol. The number of ether oxygens (including phenoxy) is 1. The number of esters is 1. The van der Waals surface area contributed by atoms with Crippen LogP contribution in [0.2, 0.25) is 0 Å². The zero-order chi connectivity index (χ0) is 20.6. The summed E-state index contributed by atoms with van der Waals surface area (Å²) in [4.78, 5) is 41.5. The molecule has 4 rings (SSSR count). The van der Waals surface area contributed by atoms with E-state index in [9.17, 15) is 22.8 Å². The summed E-state index contributed by atoms with van der Waals surface area (Å²) >= 11 is 0. The number of carbonyl (C=O) groups is 3. The molecule has 0 saturated carbocycles. The van der Waals surface area contributed by atoms with E-state index in [-0.39, 0.29) is 34.8 Å². The van der Waals surface area contributed by atoms with Gasteiger partial charge in [-0.3, -0.25) is 24.1 Å². The predicted molar refractivity (Wildman–Crippen MR) is 101 cm³/mol. The van der Waals surface area contributed by atoms with Gasteiger partial charge in [0.15, 0.2) is 6.73 Å². The number of rotatable bonds is 5. The molecule has 2 aliphatic rings. The fourth-order valence-electron chi connectivity index (χ4n) is 3.08. The van der Waals surface area contributed by atoms with Crippen LogP contribution >= 0.6 is 0 Å². The van der Waals surface area contributed by atoms with Gasteiger partial charge in [-0.05, 0) is 24.3 Å². The average molecular weight is 413 g/mol. The SMILES string of the molecule is O=C(CCN=C1NS(=O)(=O)c2ccccc21)OCN1C(=O)c2ccccc2C1=O. The summed E-state index contributed by atoms with van der Waals surface area (Å²) in [6.07, 6.45) is -0.142. The molecule has 10 heteroatoms. The van der Waals surface area contributed by atoms with Gasteiger partial charge in [-0.15, -0.1) is 0 Å². The highest BCUT2D eigenvalue weighted by Crippen LogP contribution is 2.23. The van der Waals surface area contributed by atoms with Crippen molar-refractivity contribution in [1.29, 1.82) is 0 Å². The molecule has 0 atom stereocenters. The quantitative estimate of drug-likeness (QED) is 0.574. The van der Waals surface area contributed by atoms with E-state index in [1.165, 1.54) is 18.2 Å². The topological polar surface area (TPSA) is 122 Å². The summed E-state index contributed by atoms with van der Waals surface area (Å²) in [7, 11) is -3.64. The second-order valence-corrected chi connectivity index (χ2v) is 7.96. The number of hydrogen-bond donors (Lipinski definition) is 1. The van der Waals surface area contributed by atoms with Gasteiger partial charge in [-0.2, -0.15) is 0 Å². The second-order valence-electron chi connectivity index (χ2n) is 6.31. The van der Waals surface area contributed by atoms with Crippen molar-refractivity contribution < 1.29 is 27.5 Å². The van der Waals surface area contributed by atoms with Crippen LogP contribution in [0.15, 0.2) is 58.4 Å². The van der Waals surface area contributed by atoms with Gasteiger partial charge in [-0.25, -0.2) is 13.3 Å². The van der Waals surface area contributed by atoms with Crippen molar-refractivity contribution in [3.63, 3.8) is 0 Å². The minimum Gasteiger partial charge on any atom is -0.444 e. The Morgan fingerprint density at radius 3 is 2.21 bits per heavy atom. The van der Waals surface area contributed by atoms with Gasteiger partial charge < -0.3 is 4.74 Å². The number of nitrogens with one attached hydrogen (secondary N) is 1. The van der Waals surface area contributed by atoms with Crippen LogP contribution in [-0.2, 0) is 19.6 Å². The van der Waals surface area contributed by atoms with Crippen LogP contribution in [0, 0.1) is 0 Å². The Balaban J connectivity index is 1.34. The average Bonchev–Trinajstić information content (AvgIpc) is 3.11. The van der Waals surface area contributed by atoms with Crippen LogP contribution in [0.3, 0.4) is 0 Å². The number of fused-ring (bicyclic) bond motifs is 2. The van der Waals surface area contributed by atoms with E-state index in [4.69, 9.17) is 4.74 Å². The molecule has 2 aromatic rings. The van der Waals surface area contributed by atoms with E-state index >= 15 is 0 Å². The fourth-order valence-corrected chi connectivity index (χ4v) is 4.33. The molecule has 0 aliphatic carbocycles. The molecular weight excluding hydrogens is 398 g/mol. The van der Waals surface area contributed by atoms with Crippen molar-refractivity contribution in [3.8, 4) is 0 Å². The Labute approximate surface area is 166 Å². The van der Waals surface area contributed by atoms with Gasteiger partial charge in [-0.1, -0.05) is 24.3 Å². The van der Waals surface area contributed by atoms with Crippen LogP contribution in [0.5, 0.6) is 0 Å². The molecule has 9 nitrogen and oxygen atoms in total. The van der Waals surface area contributed by atoms with Gasteiger partial charge >= 0.3 is 5.97 Å². The Bertz CT molecular complexity index is 1140. The van der Waals surface area contributed by atoms with Crippen LogP contribution in [0.4, 0.5) is 0 Å². The molecule has 0 bridgehead atoms. The van der Waals surface area contributed by atoms with Crippen LogP contribution in [-0.4, -0.2) is 50.2 Å². The smallest absolute Gasteiger partial charge is 0.309 e. The summed E-state index contributed by atoms with van der Waals surface area (Å²) in [6, 6.07) is 12.7. The number of sulfonamides is 1. The first kappa shape index (κ1) is 18.8. The zero-order valence-corrected chi connectivity index (χ0v) is 15.8. The van der Waals surface area contributed by atoms with Crippen LogP contribution < -0.4 is 4.72 Å². The molecule has 29 heavy (non-hydrogen) atoms. The predicted octanol–water partition coefficient (Wildman–Crippen LogP) is 0.912. The standard InChI is InChI=1S/C19H15N3O6S/c23-16(28-11-22-18(24)12-5-1-2-6-13(12)19(22)25)9-10-20-17-14-7-3-4-8-15(14)29(26,27)21-17/h1-8H,9-11H2,(H,20,21). The number of nitrogens with zero attached hydrogens (tertiary/aromatic N) is 2. The van der Waals surface area contributed by atoms with Crippen molar-refractivity contribution in [2.45, 2.75) is 11.3 Å². The van der Waals surface area contributed by atoms with E-state index in [0.717, 1.165) is 4.90 Å². The Morgan fingerprint density at radius 2 is 1.55 bits per heavy atom. The molecule has 2 amide bonds. The molecule has 0 saturated heterocycles. The van der Waals surface area contributed by atoms with Crippen LogP contribution in [0.1, 0.15) is 32.7 Å². The van der Waals surface area contributed by atoms with Crippen molar-refractivity contribution in [2.75, 3.05) is 13.3 Å². The molecule has 148 valence electrons. The van der Waals surface area contributed by atoms with E-state index in [1.54, 1.807) is 30.3 Å². The highest BCUT2D eigenvalue weighted by atomic mass is 32.2. The molecule has 2 aliphatic heterocycles. The van der Waals surface area contributed by atoms with E-state index in [0.29, 0.717) is 5.56 Å². The lowest BCUT2D eigenvalue weighted by atomic mass is 10.1. The molecule has 0 spiro atoms. The first-order valence-corrected chi connectivity index (χ1v) is 10.1. The number of imide groups is 1. The van der Waals surface area contributed by atoms with Gasteiger partial charge in [0.25, 0.3) is 21.8 Å². The second kappa shape index (κ2) is 7.13. The summed E-state index contributed by atoms with van der Waals surface area (Å²) in [6.45, 7) is -0.510. The van der Waals surface area contributed by atoms with E-state index in [1.807, 2.05) is 0 Å². The van der Waals surface area contributed by atoms with Crippen LogP contribution in [0.25, 0.3) is 0 Å². The fraction of sp³-hybridized carbons (Fsp3) is 0.158. The molecule has 1 N–H and O–H groups in total. The van der Waals surface area contributed by atoms with Gasteiger partial charge in [0.2, 0.25) is 0 Å². The van der Waals surface area contributed by atoms with Crippen molar-refractivity contribution in [1.82, 2.24) is 9.62 Å². The first-order valence-electron chi connectivity index (χ1n) is 8.66. The molecular formula is C19H15N3O6S. The number of amides is 2. The maximum absolute atomic E-state index is 12.2. The minimum absolute atomic E-state index is 0.0207. The minimum atomic E-state index is -3.64. The number of hydrogen-bond acceptors (Lipinski definition) is 7. The normalized spacial score (nSPS) is 17.8. The molecule has 0 aromatic heterocycles. The third-order valence-corrected chi connectivity index (χ3v) is 5.88. The van der Waals surface area contributed by atoms with E-state index in [2.05, 4.69) is 9.71 Å².